The summed E-state index contributed by atoms with van der Waals surface area (Å²) in [7, 11) is 0. The van der Waals surface area contributed by atoms with Crippen molar-refractivity contribution in [3.05, 3.63) is 34.5 Å². The third-order valence-corrected chi connectivity index (χ3v) is 4.79. The zero-order chi connectivity index (χ0) is 17.4. The highest BCUT2D eigenvalue weighted by Gasteiger charge is 2.30. The minimum Gasteiger partial charge on any atom is -0.333 e. The second-order valence-electron chi connectivity index (χ2n) is 6.28. The smallest absolute Gasteiger partial charge is 0.233 e. The average molecular weight is 402 g/mol. The highest BCUT2D eigenvalue weighted by Crippen LogP contribution is 2.36. The van der Waals surface area contributed by atoms with Crippen LogP contribution in [-0.4, -0.2) is 36.3 Å². The van der Waals surface area contributed by atoms with Gasteiger partial charge in [0.1, 0.15) is 0 Å². The number of halogens is 1. The second kappa shape index (κ2) is 6.59. The Bertz CT molecular complexity index is 898. The van der Waals surface area contributed by atoms with Crippen LogP contribution in [0.3, 0.4) is 0 Å². The maximum absolute atomic E-state index is 4.60. The largest absolute Gasteiger partial charge is 0.333 e. The Balaban J connectivity index is 1.76. The van der Waals surface area contributed by atoms with E-state index < -0.39 is 0 Å². The van der Waals surface area contributed by atoms with Gasteiger partial charge in [0.2, 0.25) is 5.95 Å². The van der Waals surface area contributed by atoms with Crippen molar-refractivity contribution in [1.82, 2.24) is 29.7 Å². The lowest BCUT2D eigenvalue weighted by Gasteiger charge is -2.27. The van der Waals surface area contributed by atoms with Gasteiger partial charge in [-0.25, -0.2) is 4.98 Å². The van der Waals surface area contributed by atoms with Crippen LogP contribution in [-0.2, 0) is 6.54 Å². The fraction of sp³-hybridized carbons (Fsp3) is 0.412. The second-order valence-corrected chi connectivity index (χ2v) is 7.04. The molecule has 3 aromatic heterocycles. The summed E-state index contributed by atoms with van der Waals surface area (Å²) in [6, 6.07) is 4.02. The summed E-state index contributed by atoms with van der Waals surface area (Å²) in [5.74, 6) is 2.66. The maximum Gasteiger partial charge on any atom is 0.233 e. The molecule has 0 fully saturated rings. The van der Waals surface area contributed by atoms with Crippen molar-refractivity contribution in [2.24, 2.45) is 0 Å². The molecule has 0 radical (unpaired) electrons. The number of hydrogen-bond acceptors (Lipinski definition) is 5. The van der Waals surface area contributed by atoms with Crippen LogP contribution in [0.15, 0.2) is 23.1 Å². The van der Waals surface area contributed by atoms with Gasteiger partial charge in [-0.05, 0) is 41.4 Å². The molecule has 0 aromatic carbocycles. The summed E-state index contributed by atoms with van der Waals surface area (Å²) < 4.78 is 2.89. The molecule has 4 heterocycles. The molecule has 1 aliphatic heterocycles. The number of nitrogens with one attached hydrogen (secondary N) is 1. The van der Waals surface area contributed by atoms with Crippen LogP contribution in [0.25, 0.3) is 11.4 Å². The van der Waals surface area contributed by atoms with E-state index in [2.05, 4.69) is 57.5 Å². The minimum atomic E-state index is 0.678. The molecule has 3 aromatic rings. The third kappa shape index (κ3) is 2.95. The van der Waals surface area contributed by atoms with Crippen molar-refractivity contribution in [2.45, 2.75) is 39.7 Å². The van der Waals surface area contributed by atoms with E-state index in [1.165, 1.54) is 12.8 Å². The molecule has 0 aliphatic carbocycles. The summed E-state index contributed by atoms with van der Waals surface area (Å²) in [5, 5.41) is 8.94. The van der Waals surface area contributed by atoms with Crippen LogP contribution in [0, 0.1) is 6.92 Å². The van der Waals surface area contributed by atoms with Gasteiger partial charge >= 0.3 is 0 Å². The zero-order valence-electron chi connectivity index (χ0n) is 14.3. The maximum atomic E-state index is 4.60. The molecule has 1 N–H and O–H groups in total. The molecule has 4 rings (SSSR count). The lowest BCUT2D eigenvalue weighted by atomic mass is 10.2. The first-order valence-corrected chi connectivity index (χ1v) is 9.35. The molecule has 0 saturated carbocycles. The monoisotopic (exact) mass is 401 g/mol. The standard InChI is InChI=1S/C17H20BrN7/c1-3-4-5-8-24-15-13(20-16(18)21-15)10-25-14(22-23-17(24)25)12-6-7-19-11(2)9-12/h6-7,9H,3-5,8,10H2,1-2H3,(H,20,21). The average Bonchev–Trinajstić information content (AvgIpc) is 3.17. The van der Waals surface area contributed by atoms with E-state index in [0.29, 0.717) is 6.54 Å². The highest BCUT2D eigenvalue weighted by atomic mass is 79.9. The van der Waals surface area contributed by atoms with Gasteiger partial charge in [0, 0.05) is 24.0 Å². The first-order valence-electron chi connectivity index (χ1n) is 8.55. The minimum absolute atomic E-state index is 0.678. The lowest BCUT2D eigenvalue weighted by molar-refractivity contribution is 0.668. The van der Waals surface area contributed by atoms with Crippen molar-refractivity contribution in [3.63, 3.8) is 0 Å². The van der Waals surface area contributed by atoms with Crippen LogP contribution < -0.4 is 4.90 Å². The SMILES string of the molecule is CCCCCN1c2nc(Br)[nH]c2Cn2c(-c3ccnc(C)c3)nnc21. The van der Waals surface area contributed by atoms with E-state index in [0.717, 1.165) is 52.2 Å². The molecule has 0 unspecified atom stereocenters. The van der Waals surface area contributed by atoms with Gasteiger partial charge in [0.15, 0.2) is 16.4 Å². The van der Waals surface area contributed by atoms with E-state index in [-0.39, 0.29) is 0 Å². The third-order valence-electron chi connectivity index (χ3n) is 4.41. The number of aryl methyl sites for hydroxylation is 1. The van der Waals surface area contributed by atoms with Crippen LogP contribution in [0.5, 0.6) is 0 Å². The van der Waals surface area contributed by atoms with E-state index >= 15 is 0 Å². The van der Waals surface area contributed by atoms with Gasteiger partial charge in [-0.3, -0.25) is 14.5 Å². The number of imidazole rings is 1. The number of unbranched alkanes of at least 4 members (excludes halogenated alkanes) is 2. The number of rotatable bonds is 5. The number of aromatic amines is 1. The van der Waals surface area contributed by atoms with Gasteiger partial charge in [0.05, 0.1) is 12.2 Å². The van der Waals surface area contributed by atoms with Gasteiger partial charge in [-0.15, -0.1) is 10.2 Å². The van der Waals surface area contributed by atoms with Crippen molar-refractivity contribution in [1.29, 1.82) is 0 Å². The number of pyridine rings is 1. The Morgan fingerprint density at radius 1 is 1.28 bits per heavy atom. The van der Waals surface area contributed by atoms with Crippen molar-refractivity contribution in [2.75, 3.05) is 11.4 Å². The highest BCUT2D eigenvalue weighted by molar-refractivity contribution is 9.10. The summed E-state index contributed by atoms with van der Waals surface area (Å²) in [6.45, 7) is 5.75. The predicted octanol–water partition coefficient (Wildman–Crippen LogP) is 3.82. The van der Waals surface area contributed by atoms with Crippen LogP contribution in [0.1, 0.15) is 37.6 Å². The zero-order valence-corrected chi connectivity index (χ0v) is 15.9. The van der Waals surface area contributed by atoms with E-state index in [4.69, 9.17) is 0 Å². The Hall–Kier alpha value is -2.22. The number of aromatic nitrogens is 6. The number of hydrogen-bond donors (Lipinski definition) is 1. The Kier molecular flexibility index (Phi) is 4.29. The molecular weight excluding hydrogens is 382 g/mol. The molecule has 130 valence electrons. The summed E-state index contributed by atoms with van der Waals surface area (Å²) in [5.41, 5.74) is 3.07. The first-order chi connectivity index (χ1) is 12.2. The van der Waals surface area contributed by atoms with Crippen molar-refractivity contribution >= 4 is 27.7 Å². The Morgan fingerprint density at radius 2 is 2.16 bits per heavy atom. The van der Waals surface area contributed by atoms with Gasteiger partial charge < -0.3 is 4.98 Å². The normalized spacial score (nSPS) is 13.0. The first kappa shape index (κ1) is 16.3. The molecule has 0 saturated heterocycles. The quantitative estimate of drug-likeness (QED) is 0.657. The van der Waals surface area contributed by atoms with E-state index in [1.54, 1.807) is 0 Å². The van der Waals surface area contributed by atoms with Crippen molar-refractivity contribution < 1.29 is 0 Å². The molecule has 0 amide bonds. The summed E-state index contributed by atoms with van der Waals surface area (Å²) in [6.07, 6.45) is 5.27. The molecule has 0 spiro atoms. The molecule has 8 heteroatoms. The molecular formula is C17H20BrN7. The van der Waals surface area contributed by atoms with E-state index in [1.807, 2.05) is 25.3 Å². The van der Waals surface area contributed by atoms with E-state index in [9.17, 15) is 0 Å². The summed E-state index contributed by atoms with van der Waals surface area (Å²) >= 11 is 3.46. The number of fused-ring (bicyclic) bond motifs is 2. The Morgan fingerprint density at radius 3 is 2.96 bits per heavy atom. The lowest BCUT2D eigenvalue weighted by Crippen LogP contribution is -2.28. The molecule has 25 heavy (non-hydrogen) atoms. The fourth-order valence-corrected chi connectivity index (χ4v) is 3.63. The van der Waals surface area contributed by atoms with Gasteiger partial charge in [-0.1, -0.05) is 19.8 Å². The fourth-order valence-electron chi connectivity index (χ4n) is 3.22. The van der Waals surface area contributed by atoms with Crippen LogP contribution in [0.2, 0.25) is 0 Å². The molecule has 0 atom stereocenters. The number of anilines is 2. The molecule has 1 aliphatic rings. The van der Waals surface area contributed by atoms with Crippen molar-refractivity contribution in [3.8, 4) is 11.4 Å². The number of nitrogens with zero attached hydrogens (tertiary/aromatic N) is 6. The van der Waals surface area contributed by atoms with Gasteiger partial charge in [-0.2, -0.15) is 0 Å². The predicted molar refractivity (Wildman–Crippen MR) is 99.9 cm³/mol. The van der Waals surface area contributed by atoms with Gasteiger partial charge in [0.25, 0.3) is 0 Å². The Labute approximate surface area is 154 Å². The van der Waals surface area contributed by atoms with Crippen LogP contribution in [0.4, 0.5) is 11.8 Å². The van der Waals surface area contributed by atoms with Crippen LogP contribution >= 0.6 is 15.9 Å². The molecule has 0 bridgehead atoms. The molecule has 7 nitrogen and oxygen atoms in total. The number of H-pyrrole nitrogens is 1. The topological polar surface area (TPSA) is 75.5 Å². The summed E-state index contributed by atoms with van der Waals surface area (Å²) in [4.78, 5) is 14.4.